The molecule has 0 saturated heterocycles. The first kappa shape index (κ1) is 14.3. The minimum atomic E-state index is 0.0827. The summed E-state index contributed by atoms with van der Waals surface area (Å²) >= 11 is 0. The van der Waals surface area contributed by atoms with Crippen molar-refractivity contribution in [3.05, 3.63) is 23.7 Å². The molecule has 2 nitrogen and oxygen atoms in total. The maximum Gasteiger partial charge on any atom is 0.120 e. The monoisotopic (exact) mass is 237 g/mol. The molecule has 2 N–H and O–H groups in total. The van der Waals surface area contributed by atoms with Crippen LogP contribution in [0.2, 0.25) is 0 Å². The van der Waals surface area contributed by atoms with Gasteiger partial charge in [0.05, 0.1) is 6.04 Å². The Bertz CT molecular complexity index is 293. The Morgan fingerprint density at radius 1 is 1.06 bits per heavy atom. The Labute approximate surface area is 106 Å². The molecule has 0 amide bonds. The van der Waals surface area contributed by atoms with E-state index < -0.39 is 0 Å². The normalized spacial score (nSPS) is 12.9. The Morgan fingerprint density at radius 2 is 1.71 bits per heavy atom. The molecule has 1 unspecified atom stereocenters. The van der Waals surface area contributed by atoms with E-state index in [9.17, 15) is 0 Å². The lowest BCUT2D eigenvalue weighted by molar-refractivity contribution is 0.423. The highest BCUT2D eigenvalue weighted by Gasteiger charge is 2.09. The summed E-state index contributed by atoms with van der Waals surface area (Å²) in [6.45, 7) is 4.22. The van der Waals surface area contributed by atoms with Crippen LogP contribution in [0, 0.1) is 6.92 Å². The van der Waals surface area contributed by atoms with Crippen molar-refractivity contribution in [2.75, 3.05) is 0 Å². The van der Waals surface area contributed by atoms with Gasteiger partial charge in [-0.25, -0.2) is 0 Å². The predicted molar refractivity (Wildman–Crippen MR) is 73.0 cm³/mol. The van der Waals surface area contributed by atoms with Crippen LogP contribution in [-0.2, 0) is 0 Å². The summed E-state index contributed by atoms with van der Waals surface area (Å²) < 4.78 is 5.53. The average Bonchev–Trinajstić information content (AvgIpc) is 2.74. The Morgan fingerprint density at radius 3 is 2.29 bits per heavy atom. The van der Waals surface area contributed by atoms with Gasteiger partial charge >= 0.3 is 0 Å². The molecule has 17 heavy (non-hydrogen) atoms. The lowest BCUT2D eigenvalue weighted by atomic mass is 10.0. The van der Waals surface area contributed by atoms with Gasteiger partial charge in [0.25, 0.3) is 0 Å². The summed E-state index contributed by atoms with van der Waals surface area (Å²) in [4.78, 5) is 0. The van der Waals surface area contributed by atoms with Crippen LogP contribution >= 0.6 is 0 Å². The van der Waals surface area contributed by atoms with E-state index in [1.165, 1.54) is 44.9 Å². The smallest absolute Gasteiger partial charge is 0.120 e. The second kappa shape index (κ2) is 8.35. The fourth-order valence-electron chi connectivity index (χ4n) is 2.12. The third-order valence-electron chi connectivity index (χ3n) is 3.25. The van der Waals surface area contributed by atoms with Crippen molar-refractivity contribution < 1.29 is 4.42 Å². The van der Waals surface area contributed by atoms with Gasteiger partial charge in [0, 0.05) is 0 Å². The standard InChI is InChI=1S/C15H27NO/c1-3-4-5-6-7-8-9-10-14(16)15-12-11-13(2)17-15/h11-12,14H,3-10,16H2,1-2H3. The predicted octanol–water partition coefficient (Wildman–Crippen LogP) is 4.73. The van der Waals surface area contributed by atoms with Crippen molar-refractivity contribution in [2.45, 2.75) is 71.3 Å². The molecule has 0 aliphatic rings. The van der Waals surface area contributed by atoms with E-state index in [2.05, 4.69) is 6.92 Å². The third kappa shape index (κ3) is 5.92. The SMILES string of the molecule is CCCCCCCCCC(N)c1ccc(C)o1. The molecule has 1 rings (SSSR count). The average molecular weight is 237 g/mol. The first-order valence-corrected chi connectivity index (χ1v) is 7.06. The summed E-state index contributed by atoms with van der Waals surface area (Å²) in [5.41, 5.74) is 6.08. The van der Waals surface area contributed by atoms with Crippen molar-refractivity contribution in [3.8, 4) is 0 Å². The minimum absolute atomic E-state index is 0.0827. The second-order valence-corrected chi connectivity index (χ2v) is 4.96. The lowest BCUT2D eigenvalue weighted by Gasteiger charge is -2.08. The molecule has 0 bridgehead atoms. The highest BCUT2D eigenvalue weighted by Crippen LogP contribution is 2.20. The van der Waals surface area contributed by atoms with Gasteiger partial charge in [0.2, 0.25) is 0 Å². The zero-order valence-corrected chi connectivity index (χ0v) is 11.4. The largest absolute Gasteiger partial charge is 0.465 e. The van der Waals surface area contributed by atoms with E-state index in [-0.39, 0.29) is 6.04 Å². The number of furan rings is 1. The molecule has 0 fully saturated rings. The molecular weight excluding hydrogens is 210 g/mol. The van der Waals surface area contributed by atoms with E-state index in [1.54, 1.807) is 0 Å². The van der Waals surface area contributed by atoms with E-state index >= 15 is 0 Å². The summed E-state index contributed by atoms with van der Waals surface area (Å²) in [6, 6.07) is 4.07. The molecule has 1 aromatic rings. The topological polar surface area (TPSA) is 39.2 Å². The highest BCUT2D eigenvalue weighted by atomic mass is 16.3. The Balaban J connectivity index is 2.03. The molecule has 2 heteroatoms. The van der Waals surface area contributed by atoms with Crippen LogP contribution in [0.5, 0.6) is 0 Å². The molecule has 1 atom stereocenters. The van der Waals surface area contributed by atoms with Gasteiger partial charge in [-0.15, -0.1) is 0 Å². The maximum atomic E-state index is 6.08. The molecule has 1 aromatic heterocycles. The third-order valence-corrected chi connectivity index (χ3v) is 3.25. The maximum absolute atomic E-state index is 6.08. The zero-order valence-electron chi connectivity index (χ0n) is 11.4. The number of aryl methyl sites for hydroxylation is 1. The van der Waals surface area contributed by atoms with E-state index in [4.69, 9.17) is 10.2 Å². The fourth-order valence-corrected chi connectivity index (χ4v) is 2.12. The van der Waals surface area contributed by atoms with Gasteiger partial charge in [-0.2, -0.15) is 0 Å². The van der Waals surface area contributed by atoms with Gasteiger partial charge in [0.15, 0.2) is 0 Å². The van der Waals surface area contributed by atoms with Crippen LogP contribution in [-0.4, -0.2) is 0 Å². The summed E-state index contributed by atoms with van der Waals surface area (Å²) in [5.74, 6) is 1.89. The van der Waals surface area contributed by atoms with Crippen LogP contribution < -0.4 is 5.73 Å². The van der Waals surface area contributed by atoms with Crippen LogP contribution in [0.3, 0.4) is 0 Å². The number of hydrogen-bond donors (Lipinski definition) is 1. The van der Waals surface area contributed by atoms with E-state index in [1.807, 2.05) is 19.1 Å². The first-order valence-electron chi connectivity index (χ1n) is 7.06. The van der Waals surface area contributed by atoms with E-state index in [0.717, 1.165) is 17.9 Å². The highest BCUT2D eigenvalue weighted by molar-refractivity contribution is 5.08. The number of unbranched alkanes of at least 4 members (excludes halogenated alkanes) is 6. The van der Waals surface area contributed by atoms with Crippen LogP contribution in [0.1, 0.15) is 75.9 Å². The van der Waals surface area contributed by atoms with E-state index in [0.29, 0.717) is 0 Å². The number of nitrogens with two attached hydrogens (primary N) is 1. The molecule has 0 aliphatic heterocycles. The summed E-state index contributed by atoms with van der Waals surface area (Å²) in [5, 5.41) is 0. The molecule has 0 aliphatic carbocycles. The Hall–Kier alpha value is -0.760. The minimum Gasteiger partial charge on any atom is -0.465 e. The second-order valence-electron chi connectivity index (χ2n) is 4.96. The van der Waals surface area contributed by atoms with Gasteiger partial charge < -0.3 is 10.2 Å². The van der Waals surface area contributed by atoms with Crippen molar-refractivity contribution in [2.24, 2.45) is 5.73 Å². The van der Waals surface area contributed by atoms with Crippen LogP contribution in [0.4, 0.5) is 0 Å². The number of rotatable bonds is 9. The van der Waals surface area contributed by atoms with Crippen molar-refractivity contribution >= 4 is 0 Å². The van der Waals surface area contributed by atoms with Gasteiger partial charge in [0.1, 0.15) is 11.5 Å². The fraction of sp³-hybridized carbons (Fsp3) is 0.733. The lowest BCUT2D eigenvalue weighted by Crippen LogP contribution is -2.08. The summed E-state index contributed by atoms with van der Waals surface area (Å²) in [6.07, 6.45) is 10.4. The van der Waals surface area contributed by atoms with Crippen molar-refractivity contribution in [1.82, 2.24) is 0 Å². The molecule has 0 spiro atoms. The van der Waals surface area contributed by atoms with Crippen LogP contribution in [0.25, 0.3) is 0 Å². The quantitative estimate of drug-likeness (QED) is 0.631. The van der Waals surface area contributed by atoms with Gasteiger partial charge in [-0.05, 0) is 25.5 Å². The molecule has 0 saturated carbocycles. The molecule has 0 radical (unpaired) electrons. The van der Waals surface area contributed by atoms with Crippen LogP contribution in [0.15, 0.2) is 16.5 Å². The Kier molecular flexibility index (Phi) is 7.02. The summed E-state index contributed by atoms with van der Waals surface area (Å²) in [7, 11) is 0. The molecular formula is C15H27NO. The molecule has 98 valence electrons. The van der Waals surface area contributed by atoms with Gasteiger partial charge in [-0.1, -0.05) is 51.9 Å². The molecule has 1 heterocycles. The van der Waals surface area contributed by atoms with Crippen molar-refractivity contribution in [3.63, 3.8) is 0 Å². The van der Waals surface area contributed by atoms with Gasteiger partial charge in [-0.3, -0.25) is 0 Å². The first-order chi connectivity index (χ1) is 8.24. The number of hydrogen-bond acceptors (Lipinski definition) is 2. The molecule has 0 aromatic carbocycles. The zero-order chi connectivity index (χ0) is 12.5. The van der Waals surface area contributed by atoms with Crippen molar-refractivity contribution in [1.29, 1.82) is 0 Å².